The minimum atomic E-state index is -2.63. The van der Waals surface area contributed by atoms with Crippen LogP contribution < -0.4 is 0 Å². The smallest absolute Gasteiger partial charge is 0.203 e. The van der Waals surface area contributed by atoms with E-state index in [0.29, 0.717) is 5.56 Å². The van der Waals surface area contributed by atoms with Gasteiger partial charge in [-0.15, -0.1) is 6.58 Å². The SMILES string of the molecule is C=CCC(C)c1ccc(CC)c(-c2ccc(O)c3c2C[C@]2(C)C[C@]4(C)C(C(C)C)C(=O)C(C(C)=O)=C(O)[C@]4(O)C(=O)C2=C3O)c1. The topological polar surface area (TPSA) is 132 Å². The van der Waals surface area contributed by atoms with E-state index >= 15 is 0 Å². The second-order valence-electron chi connectivity index (χ2n) is 14.1. The van der Waals surface area contributed by atoms with Gasteiger partial charge in [-0.2, -0.15) is 0 Å². The monoisotopic (exact) mass is 612 g/mol. The van der Waals surface area contributed by atoms with Crippen LogP contribution in [0.4, 0.5) is 0 Å². The second-order valence-corrected chi connectivity index (χ2v) is 14.1. The minimum Gasteiger partial charge on any atom is -0.508 e. The first kappa shape index (κ1) is 32.4. The maximum Gasteiger partial charge on any atom is 0.203 e. The van der Waals surface area contributed by atoms with Crippen molar-refractivity contribution < 1.29 is 34.8 Å². The summed E-state index contributed by atoms with van der Waals surface area (Å²) in [5, 5.41) is 46.7. The van der Waals surface area contributed by atoms with Crippen LogP contribution in [0.1, 0.15) is 89.5 Å². The van der Waals surface area contributed by atoms with Crippen LogP contribution in [-0.2, 0) is 27.2 Å². The van der Waals surface area contributed by atoms with Crippen molar-refractivity contribution in [2.45, 2.75) is 85.7 Å². The summed E-state index contributed by atoms with van der Waals surface area (Å²) in [6.45, 7) is 16.2. The summed E-state index contributed by atoms with van der Waals surface area (Å²) >= 11 is 0. The number of phenolic OH excluding ortho intramolecular Hbond substituents is 1. The molecule has 7 nitrogen and oxygen atoms in total. The summed E-state index contributed by atoms with van der Waals surface area (Å²) < 4.78 is 0. The van der Waals surface area contributed by atoms with Crippen molar-refractivity contribution in [1.29, 1.82) is 0 Å². The van der Waals surface area contributed by atoms with Crippen LogP contribution in [0.5, 0.6) is 5.75 Å². The number of fused-ring (bicyclic) bond motifs is 3. The lowest BCUT2D eigenvalue weighted by atomic mass is 9.43. The van der Waals surface area contributed by atoms with Gasteiger partial charge >= 0.3 is 0 Å². The fourth-order valence-electron chi connectivity index (χ4n) is 8.82. The number of benzene rings is 2. The molecule has 1 fully saturated rings. The number of phenols is 1. The number of aromatic hydroxyl groups is 1. The molecule has 0 amide bonds. The van der Waals surface area contributed by atoms with Gasteiger partial charge in [0.25, 0.3) is 0 Å². The van der Waals surface area contributed by atoms with Crippen molar-refractivity contribution in [2.75, 3.05) is 0 Å². The molecule has 0 bridgehead atoms. The quantitative estimate of drug-likeness (QED) is 0.194. The van der Waals surface area contributed by atoms with Gasteiger partial charge in [-0.3, -0.25) is 14.4 Å². The molecular formula is C38H44O7. The predicted molar refractivity (Wildman–Crippen MR) is 174 cm³/mol. The number of hydrogen-bond donors (Lipinski definition) is 4. The summed E-state index contributed by atoms with van der Waals surface area (Å²) in [7, 11) is 0. The number of aryl methyl sites for hydroxylation is 1. The van der Waals surface area contributed by atoms with Gasteiger partial charge in [0.1, 0.15) is 22.8 Å². The lowest BCUT2D eigenvalue weighted by Gasteiger charge is -2.59. The standard InChI is InChI=1S/C38H44O7/c1-9-11-20(5)23-13-12-22(10-2)25(16-23)24-14-15-27(40)29-26(24)17-36(7)18-37(8)30(19(3)4)32(41)28(21(6)39)34(43)38(37,45)35(44)31(36)33(29)42/h9,12-16,19-20,30,40,42-43,45H,1,10-11,17-18H2,2-8H3/t20?,30?,36-,37-,38+/m1/s1. The Kier molecular flexibility index (Phi) is 7.80. The van der Waals surface area contributed by atoms with Gasteiger partial charge in [-0.25, -0.2) is 0 Å². The Morgan fingerprint density at radius 1 is 1.07 bits per heavy atom. The number of Topliss-reactive ketones (excluding diaryl/α,β-unsaturated/α-hetero) is 3. The van der Waals surface area contributed by atoms with Gasteiger partial charge in [-0.05, 0) is 78.3 Å². The highest BCUT2D eigenvalue weighted by Crippen LogP contribution is 2.65. The van der Waals surface area contributed by atoms with Gasteiger partial charge < -0.3 is 20.4 Å². The van der Waals surface area contributed by atoms with E-state index in [1.165, 1.54) is 6.07 Å². The Labute approximate surface area is 265 Å². The fraction of sp³-hybridized carbons (Fsp3) is 0.447. The molecule has 2 unspecified atom stereocenters. The Balaban J connectivity index is 1.81. The van der Waals surface area contributed by atoms with Gasteiger partial charge in [0.2, 0.25) is 5.78 Å². The average molecular weight is 613 g/mol. The molecule has 238 valence electrons. The molecule has 0 heterocycles. The van der Waals surface area contributed by atoms with E-state index in [2.05, 4.69) is 38.6 Å². The molecule has 0 radical (unpaired) electrons. The first-order chi connectivity index (χ1) is 21.0. The van der Waals surface area contributed by atoms with E-state index in [0.717, 1.165) is 42.0 Å². The van der Waals surface area contributed by atoms with Crippen LogP contribution >= 0.6 is 0 Å². The molecule has 45 heavy (non-hydrogen) atoms. The normalized spacial score (nSPS) is 28.5. The molecule has 2 aromatic carbocycles. The summed E-state index contributed by atoms with van der Waals surface area (Å²) in [4.78, 5) is 41.0. The van der Waals surface area contributed by atoms with Gasteiger partial charge in [0.15, 0.2) is 17.2 Å². The highest BCUT2D eigenvalue weighted by molar-refractivity contribution is 6.24. The summed E-state index contributed by atoms with van der Waals surface area (Å²) in [5.41, 5.74) is -1.16. The van der Waals surface area contributed by atoms with Crippen LogP contribution in [0.15, 0.2) is 59.9 Å². The number of allylic oxidation sites excluding steroid dienone is 2. The maximum absolute atomic E-state index is 14.6. The summed E-state index contributed by atoms with van der Waals surface area (Å²) in [5.74, 6) is -5.06. The third kappa shape index (κ3) is 4.38. The molecule has 0 aliphatic heterocycles. The largest absolute Gasteiger partial charge is 0.508 e. The number of rotatable bonds is 7. The van der Waals surface area contributed by atoms with Crippen molar-refractivity contribution in [3.05, 3.63) is 82.1 Å². The molecule has 7 heteroatoms. The van der Waals surface area contributed by atoms with Gasteiger partial charge in [0, 0.05) is 22.3 Å². The maximum atomic E-state index is 14.6. The first-order valence-corrected chi connectivity index (χ1v) is 15.8. The molecule has 5 atom stereocenters. The van der Waals surface area contributed by atoms with E-state index in [-0.39, 0.29) is 41.6 Å². The van der Waals surface area contributed by atoms with Crippen LogP contribution in [0.3, 0.4) is 0 Å². The Bertz CT molecular complexity index is 1730. The van der Waals surface area contributed by atoms with Crippen LogP contribution in [0, 0.1) is 22.7 Å². The lowest BCUT2D eigenvalue weighted by molar-refractivity contribution is -0.178. The zero-order valence-corrected chi connectivity index (χ0v) is 27.2. The summed E-state index contributed by atoms with van der Waals surface area (Å²) in [6, 6.07) is 9.69. The molecule has 3 aliphatic rings. The molecule has 3 aliphatic carbocycles. The molecule has 0 aromatic heterocycles. The Morgan fingerprint density at radius 3 is 2.31 bits per heavy atom. The molecule has 4 N–H and O–H groups in total. The zero-order chi connectivity index (χ0) is 33.4. The molecule has 0 spiro atoms. The predicted octanol–water partition coefficient (Wildman–Crippen LogP) is 7.10. The lowest BCUT2D eigenvalue weighted by Crippen LogP contribution is -2.69. The van der Waals surface area contributed by atoms with Crippen molar-refractivity contribution in [3.8, 4) is 16.9 Å². The van der Waals surface area contributed by atoms with Crippen molar-refractivity contribution in [2.24, 2.45) is 22.7 Å². The number of carbonyl (C=O) groups is 3. The Morgan fingerprint density at radius 2 is 1.73 bits per heavy atom. The number of ketones is 3. The van der Waals surface area contributed by atoms with Crippen LogP contribution in [0.2, 0.25) is 0 Å². The molecule has 2 aromatic rings. The zero-order valence-electron chi connectivity index (χ0n) is 27.2. The third-order valence-corrected chi connectivity index (χ3v) is 10.8. The number of aliphatic hydroxyl groups excluding tert-OH is 2. The Hall–Kier alpha value is -3.97. The van der Waals surface area contributed by atoms with Crippen molar-refractivity contribution >= 4 is 23.1 Å². The van der Waals surface area contributed by atoms with Crippen molar-refractivity contribution in [3.63, 3.8) is 0 Å². The van der Waals surface area contributed by atoms with Gasteiger partial charge in [-0.1, -0.05) is 71.9 Å². The number of aliphatic hydroxyl groups is 3. The molecule has 1 saturated carbocycles. The van der Waals surface area contributed by atoms with Crippen LogP contribution in [0.25, 0.3) is 16.9 Å². The highest BCUT2D eigenvalue weighted by Gasteiger charge is 2.72. The van der Waals surface area contributed by atoms with E-state index in [1.807, 2.05) is 19.1 Å². The van der Waals surface area contributed by atoms with Crippen molar-refractivity contribution in [1.82, 2.24) is 0 Å². The average Bonchev–Trinajstić information content (AvgIpc) is 2.94. The van der Waals surface area contributed by atoms with Gasteiger partial charge in [0.05, 0.1) is 5.56 Å². The molecule has 5 rings (SSSR count). The number of carbonyl (C=O) groups excluding carboxylic acids is 3. The van der Waals surface area contributed by atoms with E-state index in [9.17, 15) is 34.8 Å². The highest BCUT2D eigenvalue weighted by atomic mass is 16.3. The van der Waals surface area contributed by atoms with E-state index < -0.39 is 56.8 Å². The van der Waals surface area contributed by atoms with E-state index in [1.54, 1.807) is 20.8 Å². The molecular weight excluding hydrogens is 568 g/mol. The third-order valence-electron chi connectivity index (χ3n) is 10.8. The first-order valence-electron chi connectivity index (χ1n) is 15.8. The number of hydrogen-bond acceptors (Lipinski definition) is 7. The van der Waals surface area contributed by atoms with Crippen LogP contribution in [-0.4, -0.2) is 43.4 Å². The minimum absolute atomic E-state index is 0.0526. The second kappa shape index (κ2) is 10.8. The molecule has 0 saturated heterocycles. The fourth-order valence-corrected chi connectivity index (χ4v) is 8.82. The summed E-state index contributed by atoms with van der Waals surface area (Å²) in [6.07, 6.45) is 3.71. The van der Waals surface area contributed by atoms with E-state index in [4.69, 9.17) is 0 Å².